The zero-order chi connectivity index (χ0) is 27.9. The number of amides is 2. The lowest BCUT2D eigenvalue weighted by Crippen LogP contribution is -2.39. The number of aliphatic carboxylic acids is 1. The molecule has 0 bridgehead atoms. The fraction of sp³-hybridized carbons (Fsp3) is 0.355. The molecule has 0 fully saturated rings. The van der Waals surface area contributed by atoms with Gasteiger partial charge in [0.25, 0.3) is 0 Å². The van der Waals surface area contributed by atoms with Crippen molar-refractivity contribution >= 4 is 17.7 Å². The van der Waals surface area contributed by atoms with Gasteiger partial charge in [0.2, 0.25) is 0 Å². The zero-order valence-electron chi connectivity index (χ0n) is 22.7. The lowest BCUT2D eigenvalue weighted by Gasteiger charge is -2.24. The van der Waals surface area contributed by atoms with Crippen molar-refractivity contribution in [2.75, 3.05) is 38.2 Å². The molecule has 8 nitrogen and oxygen atoms in total. The van der Waals surface area contributed by atoms with E-state index < -0.39 is 12.1 Å². The topological polar surface area (TPSA) is 97.3 Å². The maximum atomic E-state index is 13.1. The Labute approximate surface area is 230 Å². The minimum absolute atomic E-state index is 0.193. The van der Waals surface area contributed by atoms with Crippen LogP contribution in [0.2, 0.25) is 0 Å². The highest BCUT2D eigenvalue weighted by atomic mass is 16.5. The van der Waals surface area contributed by atoms with Crippen molar-refractivity contribution in [1.29, 1.82) is 0 Å². The molecule has 0 aliphatic heterocycles. The summed E-state index contributed by atoms with van der Waals surface area (Å²) < 4.78 is 17.0. The van der Waals surface area contributed by atoms with Gasteiger partial charge in [-0.05, 0) is 55.2 Å². The number of benzene rings is 3. The number of nitrogens with one attached hydrogen (secondary N) is 1. The molecular weight excluding hydrogens is 496 g/mol. The molecule has 8 heteroatoms. The van der Waals surface area contributed by atoms with E-state index >= 15 is 0 Å². The molecule has 39 heavy (non-hydrogen) atoms. The highest BCUT2D eigenvalue weighted by Crippen LogP contribution is 2.16. The summed E-state index contributed by atoms with van der Waals surface area (Å²) in [5.41, 5.74) is 3.72. The van der Waals surface area contributed by atoms with Crippen LogP contribution >= 0.6 is 0 Å². The molecule has 2 N–H and O–H groups in total. The van der Waals surface area contributed by atoms with Crippen molar-refractivity contribution in [2.45, 2.75) is 39.4 Å². The van der Waals surface area contributed by atoms with Crippen LogP contribution in [0.4, 0.5) is 10.5 Å². The number of carbonyl (C=O) groups is 2. The number of urea groups is 1. The number of nitrogens with zero attached hydrogens (tertiary/aromatic N) is 1. The smallest absolute Gasteiger partial charge is 0.333 e. The van der Waals surface area contributed by atoms with Crippen LogP contribution < -0.4 is 10.1 Å². The fourth-order valence-electron chi connectivity index (χ4n) is 3.97. The van der Waals surface area contributed by atoms with Crippen molar-refractivity contribution in [1.82, 2.24) is 4.90 Å². The average Bonchev–Trinajstić information content (AvgIpc) is 2.94. The molecule has 0 aliphatic carbocycles. The number of anilines is 1. The number of hydrogen-bond acceptors (Lipinski definition) is 5. The van der Waals surface area contributed by atoms with Gasteiger partial charge in [-0.3, -0.25) is 0 Å². The first-order chi connectivity index (χ1) is 19.0. The first-order valence-corrected chi connectivity index (χ1v) is 13.3. The molecule has 3 rings (SSSR count). The van der Waals surface area contributed by atoms with Crippen LogP contribution in [0.5, 0.6) is 5.75 Å². The normalized spacial score (nSPS) is 11.5. The van der Waals surface area contributed by atoms with Gasteiger partial charge in [0.15, 0.2) is 6.10 Å². The molecule has 0 saturated carbocycles. The minimum Gasteiger partial charge on any atom is -0.492 e. The van der Waals surface area contributed by atoms with Crippen molar-refractivity contribution in [3.05, 3.63) is 95.6 Å². The maximum Gasteiger partial charge on any atom is 0.333 e. The van der Waals surface area contributed by atoms with Gasteiger partial charge in [-0.1, -0.05) is 60.7 Å². The number of carbonyl (C=O) groups excluding carboxylic acids is 1. The summed E-state index contributed by atoms with van der Waals surface area (Å²) in [6.07, 6.45) is 0.0921. The van der Waals surface area contributed by atoms with Crippen molar-refractivity contribution in [2.24, 2.45) is 0 Å². The number of carboxylic acids is 1. The lowest BCUT2D eigenvalue weighted by molar-refractivity contribution is -0.149. The second-order valence-corrected chi connectivity index (χ2v) is 9.10. The largest absolute Gasteiger partial charge is 0.492 e. The van der Waals surface area contributed by atoms with Gasteiger partial charge < -0.3 is 29.5 Å². The van der Waals surface area contributed by atoms with Crippen LogP contribution in [-0.2, 0) is 27.3 Å². The van der Waals surface area contributed by atoms with Crippen LogP contribution in [0, 0.1) is 6.92 Å². The summed E-state index contributed by atoms with van der Waals surface area (Å²) in [7, 11) is 0. The van der Waals surface area contributed by atoms with E-state index in [1.165, 1.54) is 0 Å². The van der Waals surface area contributed by atoms with Crippen molar-refractivity contribution < 1.29 is 28.9 Å². The molecule has 0 aliphatic rings. The Kier molecular flexibility index (Phi) is 12.3. The Bertz CT molecular complexity index is 1150. The number of aryl methyl sites for hydroxylation is 1. The summed E-state index contributed by atoms with van der Waals surface area (Å²) >= 11 is 0. The molecule has 0 heterocycles. The Morgan fingerprint density at radius 2 is 1.62 bits per heavy atom. The van der Waals surface area contributed by atoms with E-state index in [4.69, 9.17) is 14.2 Å². The molecule has 0 radical (unpaired) electrons. The number of ether oxygens (including phenoxy) is 3. The summed E-state index contributed by atoms with van der Waals surface area (Å²) in [6.45, 7) is 6.35. The fourth-order valence-corrected chi connectivity index (χ4v) is 3.97. The quantitative estimate of drug-likeness (QED) is 0.234. The van der Waals surface area contributed by atoms with E-state index in [1.807, 2.05) is 73.7 Å². The standard InChI is InChI=1S/C31H38N2O6/c1-3-38-29(30(34)35)22-25-14-16-27(17-15-25)39-21-19-33(31(36)32-28-13-8-7-10-24(28)2)18-9-20-37-23-26-11-5-4-6-12-26/h4-8,10-17,29H,3,9,18-23H2,1-2H3,(H,32,36)(H,34,35). The van der Waals surface area contributed by atoms with Gasteiger partial charge >= 0.3 is 12.0 Å². The van der Waals surface area contributed by atoms with Gasteiger partial charge in [0.05, 0.1) is 13.2 Å². The van der Waals surface area contributed by atoms with Gasteiger partial charge in [0, 0.05) is 31.9 Å². The van der Waals surface area contributed by atoms with Crippen LogP contribution in [0.25, 0.3) is 0 Å². The third-order valence-corrected chi connectivity index (χ3v) is 6.12. The van der Waals surface area contributed by atoms with Gasteiger partial charge in [-0.2, -0.15) is 0 Å². The molecule has 0 saturated heterocycles. The van der Waals surface area contributed by atoms with Gasteiger partial charge in [-0.15, -0.1) is 0 Å². The maximum absolute atomic E-state index is 13.1. The van der Waals surface area contributed by atoms with E-state index in [0.29, 0.717) is 51.7 Å². The molecule has 2 amide bonds. The van der Waals surface area contributed by atoms with E-state index in [1.54, 1.807) is 24.0 Å². The molecule has 0 spiro atoms. The monoisotopic (exact) mass is 534 g/mol. The summed E-state index contributed by atoms with van der Waals surface area (Å²) in [6, 6.07) is 24.7. The first-order valence-electron chi connectivity index (χ1n) is 13.3. The van der Waals surface area contributed by atoms with E-state index in [0.717, 1.165) is 22.4 Å². The second-order valence-electron chi connectivity index (χ2n) is 9.10. The molecule has 1 atom stereocenters. The molecule has 1 unspecified atom stereocenters. The summed E-state index contributed by atoms with van der Waals surface area (Å²) in [5, 5.41) is 12.3. The Morgan fingerprint density at radius 3 is 2.31 bits per heavy atom. The van der Waals surface area contributed by atoms with E-state index in [-0.39, 0.29) is 12.5 Å². The van der Waals surface area contributed by atoms with E-state index in [2.05, 4.69) is 5.32 Å². The summed E-state index contributed by atoms with van der Waals surface area (Å²) in [5.74, 6) is -0.334. The lowest BCUT2D eigenvalue weighted by atomic mass is 10.1. The van der Waals surface area contributed by atoms with Crippen LogP contribution in [0.1, 0.15) is 30.0 Å². The summed E-state index contributed by atoms with van der Waals surface area (Å²) in [4.78, 5) is 26.2. The Morgan fingerprint density at radius 1 is 0.897 bits per heavy atom. The number of para-hydroxylation sites is 1. The SMILES string of the molecule is CCOC(Cc1ccc(OCCN(CCCOCc2ccccc2)C(=O)Nc2ccccc2C)cc1)C(=O)O. The molecule has 208 valence electrons. The van der Waals surface area contributed by atoms with Gasteiger partial charge in [-0.25, -0.2) is 9.59 Å². The van der Waals surface area contributed by atoms with Gasteiger partial charge in [0.1, 0.15) is 12.4 Å². The van der Waals surface area contributed by atoms with E-state index in [9.17, 15) is 14.7 Å². The molecular formula is C31H38N2O6. The predicted molar refractivity (Wildman–Crippen MR) is 151 cm³/mol. The number of hydrogen-bond donors (Lipinski definition) is 2. The second kappa shape index (κ2) is 16.2. The third-order valence-electron chi connectivity index (χ3n) is 6.12. The minimum atomic E-state index is -0.980. The zero-order valence-corrected chi connectivity index (χ0v) is 22.7. The van der Waals surface area contributed by atoms with Crippen LogP contribution in [0.3, 0.4) is 0 Å². The Hall–Kier alpha value is -3.88. The molecule has 3 aromatic carbocycles. The molecule has 3 aromatic rings. The van der Waals surface area contributed by atoms with Crippen LogP contribution in [0.15, 0.2) is 78.9 Å². The molecule has 0 aromatic heterocycles. The Balaban J connectivity index is 1.51. The van der Waals surface area contributed by atoms with Crippen molar-refractivity contribution in [3.63, 3.8) is 0 Å². The highest BCUT2D eigenvalue weighted by Gasteiger charge is 2.18. The predicted octanol–water partition coefficient (Wildman–Crippen LogP) is 5.55. The average molecular weight is 535 g/mol. The number of rotatable bonds is 16. The third kappa shape index (κ3) is 10.4. The van der Waals surface area contributed by atoms with Crippen molar-refractivity contribution in [3.8, 4) is 5.75 Å². The first kappa shape index (κ1) is 29.7. The van der Waals surface area contributed by atoms with Crippen LogP contribution in [-0.4, -0.2) is 61.0 Å². The number of carboxylic acid groups (broad SMARTS) is 1. The highest BCUT2D eigenvalue weighted by molar-refractivity contribution is 5.90.